The Morgan fingerprint density at radius 1 is 0.277 bits per heavy atom. The molecule has 0 unspecified atom stereocenters. The van der Waals surface area contributed by atoms with Crippen molar-refractivity contribution in [3.8, 4) is 50.4 Å². The van der Waals surface area contributed by atoms with Gasteiger partial charge in [0.1, 0.15) is 0 Å². The van der Waals surface area contributed by atoms with Crippen LogP contribution in [0.5, 0.6) is 0 Å². The third-order valence-corrected chi connectivity index (χ3v) is 19.5. The van der Waals surface area contributed by atoms with E-state index < -0.39 is 36.3 Å². The molecule has 5 heterocycles. The molecule has 0 spiro atoms. The minimum atomic E-state index is -0.493. The molecule has 6 heteroatoms. The maximum Gasteiger partial charge on any atom is 0.252 e. The van der Waals surface area contributed by atoms with Crippen molar-refractivity contribution >= 4 is 123 Å². The summed E-state index contributed by atoms with van der Waals surface area (Å²) in [4.78, 5) is 4.85. The van der Waals surface area contributed by atoms with Crippen molar-refractivity contribution in [2.75, 3.05) is 9.80 Å². The average Bonchev–Trinajstić information content (AvgIpc) is 0.874. The van der Waals surface area contributed by atoms with E-state index in [0.717, 1.165) is 134 Å². The first-order chi connectivity index (χ1) is 49.6. The standard InChI is InChI=1S/C88H62BN5/c1-88(2,3)63-52-85-87-86(53-63)94(68-50-61(58-26-9-5-10-27-58)48-62(51-68)59-28-11-6-12-29-59)84-56-66(91-79-39-20-15-34-71(79)72-35-16-21-40-80(72)91)42-46-76(84)89(87)75-45-43-67(55-83(75)93(85)64-31-23-30-60(49-64)57-24-7-4-8-25-57)92-81-41-22-17-36-73(81)74-54-65(44-47-82(74)92)90-77-37-18-13-32-69(77)70-33-14-19-38-78(70)90/h4-56H,1-3H3/i15D,16D,20D,21D,34D,35D,39D,40D. The second-order valence-corrected chi connectivity index (χ2v) is 25.9. The highest BCUT2D eigenvalue weighted by atomic mass is 15.2. The summed E-state index contributed by atoms with van der Waals surface area (Å²) in [6.45, 7) is 6.36. The Labute approximate surface area is 557 Å². The maximum atomic E-state index is 9.68. The molecule has 0 aliphatic carbocycles. The summed E-state index contributed by atoms with van der Waals surface area (Å²) in [5, 5.41) is 4.70. The van der Waals surface area contributed by atoms with Gasteiger partial charge < -0.3 is 23.5 Å². The van der Waals surface area contributed by atoms with Crippen LogP contribution in [0.15, 0.2) is 321 Å². The molecule has 5 nitrogen and oxygen atoms in total. The number of rotatable bonds is 8. The lowest BCUT2D eigenvalue weighted by atomic mass is 9.33. The number of benzene rings is 14. The summed E-state index contributed by atoms with van der Waals surface area (Å²) in [5.74, 6) is 0. The highest BCUT2D eigenvalue weighted by molar-refractivity contribution is 7.00. The first kappa shape index (κ1) is 46.2. The number of nitrogens with zero attached hydrogens (tertiary/aromatic N) is 5. The van der Waals surface area contributed by atoms with Gasteiger partial charge in [-0.25, -0.2) is 0 Å². The van der Waals surface area contributed by atoms with E-state index in [1.54, 1.807) is 4.57 Å². The van der Waals surface area contributed by atoms with Crippen molar-refractivity contribution in [1.29, 1.82) is 0 Å². The number of aromatic nitrogens is 3. The molecule has 442 valence electrons. The van der Waals surface area contributed by atoms with E-state index in [2.05, 4.69) is 294 Å². The van der Waals surface area contributed by atoms with Crippen molar-refractivity contribution in [3.63, 3.8) is 0 Å². The number of hydrogen-bond donors (Lipinski definition) is 0. The zero-order valence-electron chi connectivity index (χ0n) is 59.8. The first-order valence-electron chi connectivity index (χ1n) is 36.1. The Kier molecular flexibility index (Phi) is 10.3. The van der Waals surface area contributed by atoms with Gasteiger partial charge in [-0.05, 0) is 176 Å². The van der Waals surface area contributed by atoms with Crippen molar-refractivity contribution in [2.45, 2.75) is 26.2 Å². The second-order valence-electron chi connectivity index (χ2n) is 25.9. The van der Waals surface area contributed by atoms with E-state index >= 15 is 0 Å². The van der Waals surface area contributed by atoms with Crippen LogP contribution in [-0.4, -0.2) is 20.4 Å². The Bertz CT molecular complexity index is 6250. The van der Waals surface area contributed by atoms with E-state index in [1.807, 2.05) is 18.2 Å². The molecular weight excluding hydrogens is 1140 g/mol. The van der Waals surface area contributed by atoms with E-state index in [4.69, 9.17) is 5.48 Å². The lowest BCUT2D eigenvalue weighted by Crippen LogP contribution is -2.61. The van der Waals surface area contributed by atoms with E-state index in [-0.39, 0.29) is 46.0 Å². The summed E-state index contributed by atoms with van der Waals surface area (Å²) in [5.41, 5.74) is 22.5. The van der Waals surface area contributed by atoms with Crippen LogP contribution in [-0.2, 0) is 5.41 Å². The minimum absolute atomic E-state index is 0.0192. The zero-order valence-corrected chi connectivity index (χ0v) is 51.8. The van der Waals surface area contributed by atoms with Crippen LogP contribution < -0.4 is 26.2 Å². The van der Waals surface area contributed by atoms with Gasteiger partial charge in [0.25, 0.3) is 6.71 Å². The molecule has 0 saturated heterocycles. The van der Waals surface area contributed by atoms with Gasteiger partial charge in [0, 0.05) is 83.5 Å². The Balaban J connectivity index is 0.919. The Hall–Kier alpha value is -11.9. The molecule has 14 aromatic carbocycles. The molecule has 0 amide bonds. The van der Waals surface area contributed by atoms with Gasteiger partial charge in [0.15, 0.2) is 0 Å². The predicted octanol–water partition coefficient (Wildman–Crippen LogP) is 21.4. The molecule has 19 rings (SSSR count). The van der Waals surface area contributed by atoms with Gasteiger partial charge in [0.2, 0.25) is 0 Å². The van der Waals surface area contributed by atoms with Crippen LogP contribution in [0.25, 0.3) is 116 Å². The van der Waals surface area contributed by atoms with Crippen molar-refractivity contribution in [3.05, 3.63) is 327 Å². The number of fused-ring (bicyclic) bond motifs is 13. The Morgan fingerprint density at radius 3 is 1.20 bits per heavy atom. The lowest BCUT2D eigenvalue weighted by molar-refractivity contribution is 0.590. The summed E-state index contributed by atoms with van der Waals surface area (Å²) >= 11 is 0. The van der Waals surface area contributed by atoms with Gasteiger partial charge in [-0.15, -0.1) is 0 Å². The molecule has 0 N–H and O–H groups in total. The van der Waals surface area contributed by atoms with Crippen molar-refractivity contribution in [1.82, 2.24) is 13.7 Å². The van der Waals surface area contributed by atoms with E-state index in [0.29, 0.717) is 5.69 Å². The monoisotopic (exact) mass is 1210 g/mol. The number of hydrogen-bond acceptors (Lipinski definition) is 2. The molecule has 17 aromatic rings. The van der Waals surface area contributed by atoms with E-state index in [9.17, 15) is 5.48 Å². The molecule has 3 aromatic heterocycles. The van der Waals surface area contributed by atoms with Gasteiger partial charge in [-0.3, -0.25) is 0 Å². The third-order valence-electron chi connectivity index (χ3n) is 19.5. The molecule has 0 atom stereocenters. The predicted molar refractivity (Wildman–Crippen MR) is 398 cm³/mol. The smallest absolute Gasteiger partial charge is 0.252 e. The van der Waals surface area contributed by atoms with Crippen LogP contribution in [0.4, 0.5) is 34.1 Å². The highest BCUT2D eigenvalue weighted by Crippen LogP contribution is 2.50. The van der Waals surface area contributed by atoms with Crippen LogP contribution in [0.2, 0.25) is 0 Å². The zero-order chi connectivity index (χ0) is 69.3. The second kappa shape index (κ2) is 20.8. The molecule has 0 saturated carbocycles. The van der Waals surface area contributed by atoms with Crippen LogP contribution in [0, 0.1) is 0 Å². The summed E-state index contributed by atoms with van der Waals surface area (Å²) in [6.07, 6.45) is 0. The lowest BCUT2D eigenvalue weighted by Gasteiger charge is -2.45. The van der Waals surface area contributed by atoms with Crippen molar-refractivity contribution in [2.24, 2.45) is 0 Å². The maximum absolute atomic E-state index is 9.68. The summed E-state index contributed by atoms with van der Waals surface area (Å²) < 4.78 is 80.8. The van der Waals surface area contributed by atoms with Crippen molar-refractivity contribution < 1.29 is 11.0 Å². The van der Waals surface area contributed by atoms with Crippen LogP contribution in [0.3, 0.4) is 0 Å². The summed E-state index contributed by atoms with van der Waals surface area (Å²) in [6, 6.07) is 94.3. The number of para-hydroxylation sites is 5. The van der Waals surface area contributed by atoms with Crippen LogP contribution >= 0.6 is 0 Å². The minimum Gasteiger partial charge on any atom is -0.311 e. The summed E-state index contributed by atoms with van der Waals surface area (Å²) in [7, 11) is 0. The molecule has 94 heavy (non-hydrogen) atoms. The largest absolute Gasteiger partial charge is 0.311 e. The molecule has 0 radical (unpaired) electrons. The first-order valence-corrected chi connectivity index (χ1v) is 32.1. The molecule has 2 aliphatic rings. The normalized spacial score (nSPS) is 14.0. The third kappa shape index (κ3) is 8.29. The van der Waals surface area contributed by atoms with Gasteiger partial charge in [-0.2, -0.15) is 0 Å². The average molecular weight is 1210 g/mol. The molecular formula is C88H62BN5. The van der Waals surface area contributed by atoms with Crippen LogP contribution in [0.1, 0.15) is 37.3 Å². The fraction of sp³-hybridized carbons (Fsp3) is 0.0455. The highest BCUT2D eigenvalue weighted by Gasteiger charge is 2.45. The molecule has 2 aliphatic heterocycles. The molecule has 0 fully saturated rings. The topological polar surface area (TPSA) is 21.3 Å². The van der Waals surface area contributed by atoms with Gasteiger partial charge >= 0.3 is 0 Å². The van der Waals surface area contributed by atoms with E-state index in [1.165, 1.54) is 10.8 Å². The van der Waals surface area contributed by atoms with Gasteiger partial charge in [0.05, 0.1) is 44.1 Å². The SMILES string of the molecule is [2H]c1c([2H])c([2H])c2c(c1[2H])c1c([2H])c([2H])c([2H])c([2H])c1n2-c1ccc2c(c1)N(c1cc(-c3ccccc3)cc(-c3ccccc3)c1)c1cc(C(C)(C)C)cc3c1B2c1ccc(-n2c4ccccc4c4cc(-n5c6ccccc6c6ccccc65)ccc42)cc1N3c1cccc(-c2ccccc2)c1. The fourth-order valence-corrected chi connectivity index (χ4v) is 15.3. The number of anilines is 6. The van der Waals surface area contributed by atoms with Gasteiger partial charge in [-0.1, -0.05) is 227 Å². The Morgan fingerprint density at radius 2 is 0.681 bits per heavy atom. The fourth-order valence-electron chi connectivity index (χ4n) is 15.3. The molecule has 0 bridgehead atoms. The quantitative estimate of drug-likeness (QED) is 0.141.